The van der Waals surface area contributed by atoms with Crippen LogP contribution >= 0.6 is 45.2 Å². The topological polar surface area (TPSA) is 0 Å². The van der Waals surface area contributed by atoms with Crippen LogP contribution in [0.4, 0.5) is 0 Å². The molecule has 0 radical (unpaired) electrons. The van der Waals surface area contributed by atoms with Gasteiger partial charge in [0, 0.05) is 7.14 Å². The minimum Gasteiger partial charge on any atom is -0.0654 e. The van der Waals surface area contributed by atoms with E-state index in [1.807, 2.05) is 0 Å². The van der Waals surface area contributed by atoms with Gasteiger partial charge in [0.1, 0.15) is 8.07 Å². The summed E-state index contributed by atoms with van der Waals surface area (Å²) in [6.07, 6.45) is 5.34. The summed E-state index contributed by atoms with van der Waals surface area (Å²) < 4.78 is 2.79. The maximum atomic E-state index is 2.51. The van der Waals surface area contributed by atoms with Crippen molar-refractivity contribution in [3.05, 3.63) is 43.5 Å². The first-order chi connectivity index (χ1) is 11.1. The van der Waals surface area contributed by atoms with Crippen molar-refractivity contribution >= 4 is 63.6 Å². The molecule has 0 N–H and O–H groups in total. The Balaban J connectivity index is 2.23. The molecular formula is C20H24I2Si. The van der Waals surface area contributed by atoms with E-state index in [0.717, 1.165) is 0 Å². The molecule has 0 aliphatic carbocycles. The second-order valence-electron chi connectivity index (χ2n) is 6.67. The van der Waals surface area contributed by atoms with Crippen molar-refractivity contribution in [1.29, 1.82) is 0 Å². The molecule has 1 aliphatic heterocycles. The van der Waals surface area contributed by atoms with Crippen molar-refractivity contribution in [2.24, 2.45) is 0 Å². The lowest BCUT2D eigenvalue weighted by atomic mass is 10.1. The summed E-state index contributed by atoms with van der Waals surface area (Å²) in [4.78, 5) is 0. The molecule has 2 aromatic carbocycles. The van der Waals surface area contributed by atoms with Crippen LogP contribution in [-0.4, -0.2) is 8.07 Å². The lowest BCUT2D eigenvalue weighted by molar-refractivity contribution is 0.838. The van der Waals surface area contributed by atoms with Gasteiger partial charge in [-0.1, -0.05) is 51.7 Å². The van der Waals surface area contributed by atoms with E-state index in [0.29, 0.717) is 0 Å². The second kappa shape index (κ2) is 7.56. The van der Waals surface area contributed by atoms with Gasteiger partial charge in [-0.05, 0) is 103 Å². The quantitative estimate of drug-likeness (QED) is 0.306. The van der Waals surface area contributed by atoms with Crippen molar-refractivity contribution in [3.8, 4) is 11.1 Å². The normalized spacial score (nSPS) is 14.6. The van der Waals surface area contributed by atoms with Crippen molar-refractivity contribution in [2.45, 2.75) is 51.6 Å². The first-order valence-electron chi connectivity index (χ1n) is 8.73. The Labute approximate surface area is 168 Å². The number of rotatable bonds is 6. The van der Waals surface area contributed by atoms with E-state index in [1.54, 1.807) is 10.4 Å². The molecule has 3 heteroatoms. The molecule has 0 amide bonds. The van der Waals surface area contributed by atoms with E-state index in [4.69, 9.17) is 0 Å². The Morgan fingerprint density at radius 2 is 1.17 bits per heavy atom. The average Bonchev–Trinajstić information content (AvgIpc) is 2.80. The zero-order valence-electron chi connectivity index (χ0n) is 14.0. The van der Waals surface area contributed by atoms with Gasteiger partial charge in [-0.25, -0.2) is 0 Å². The first-order valence-corrected chi connectivity index (χ1v) is 13.3. The largest absolute Gasteiger partial charge is 0.119 e. The number of unbranched alkanes of at least 4 members (excludes halogenated alkanes) is 2. The zero-order valence-corrected chi connectivity index (χ0v) is 19.3. The Kier molecular flexibility index (Phi) is 5.89. The summed E-state index contributed by atoms with van der Waals surface area (Å²) in [7, 11) is -1.59. The van der Waals surface area contributed by atoms with Crippen LogP contribution in [0.25, 0.3) is 11.1 Å². The number of halogens is 2. The predicted molar refractivity (Wildman–Crippen MR) is 122 cm³/mol. The maximum absolute atomic E-state index is 2.51. The van der Waals surface area contributed by atoms with Gasteiger partial charge in [-0.2, -0.15) is 0 Å². The maximum Gasteiger partial charge on any atom is 0.119 e. The SMILES string of the molecule is CCCC[Si]1(CCCC)c2cc(I)ccc2-c2ccc(I)cc21. The zero-order chi connectivity index (χ0) is 16.4. The highest BCUT2D eigenvalue weighted by molar-refractivity contribution is 14.1. The molecule has 3 rings (SSSR count). The Hall–Kier alpha value is 0.117. The molecule has 0 saturated carbocycles. The molecule has 0 nitrogen and oxygen atoms in total. The third-order valence-corrected chi connectivity index (χ3v) is 11.8. The third-order valence-electron chi connectivity index (χ3n) is 5.20. The second-order valence-corrected chi connectivity index (χ2v) is 13.4. The van der Waals surface area contributed by atoms with Crippen LogP contribution in [0, 0.1) is 7.14 Å². The molecule has 2 aromatic rings. The fourth-order valence-electron chi connectivity index (χ4n) is 4.06. The van der Waals surface area contributed by atoms with E-state index in [2.05, 4.69) is 95.4 Å². The Morgan fingerprint density at radius 1 is 0.739 bits per heavy atom. The molecule has 0 saturated heterocycles. The standard InChI is InChI=1S/C20H24I2Si/c1-3-5-11-23(12-6-4-2)19-13-15(21)7-9-17(19)18-10-8-16(22)14-20(18)23/h7-10,13-14H,3-6,11-12H2,1-2H3. The summed E-state index contributed by atoms with van der Waals surface area (Å²) in [6, 6.07) is 17.2. The van der Waals surface area contributed by atoms with E-state index in [-0.39, 0.29) is 0 Å². The van der Waals surface area contributed by atoms with E-state index in [1.165, 1.54) is 56.0 Å². The summed E-state index contributed by atoms with van der Waals surface area (Å²) in [5.74, 6) is 0. The molecule has 0 spiro atoms. The monoisotopic (exact) mass is 546 g/mol. The first kappa shape index (κ1) is 17.9. The molecule has 0 fully saturated rings. The van der Waals surface area contributed by atoms with Crippen LogP contribution in [0.2, 0.25) is 12.1 Å². The summed E-state index contributed by atoms with van der Waals surface area (Å²) in [6.45, 7) is 4.67. The van der Waals surface area contributed by atoms with Crippen LogP contribution in [-0.2, 0) is 0 Å². The molecule has 122 valence electrons. The van der Waals surface area contributed by atoms with Crippen LogP contribution in [0.3, 0.4) is 0 Å². The molecule has 1 aliphatic rings. The van der Waals surface area contributed by atoms with Crippen molar-refractivity contribution in [3.63, 3.8) is 0 Å². The number of hydrogen-bond donors (Lipinski definition) is 0. The van der Waals surface area contributed by atoms with E-state index in [9.17, 15) is 0 Å². The fourth-order valence-corrected chi connectivity index (χ4v) is 11.5. The number of benzene rings is 2. The molecule has 23 heavy (non-hydrogen) atoms. The lowest BCUT2D eigenvalue weighted by Crippen LogP contribution is -2.55. The van der Waals surface area contributed by atoms with Crippen molar-refractivity contribution in [2.75, 3.05) is 0 Å². The van der Waals surface area contributed by atoms with Crippen molar-refractivity contribution < 1.29 is 0 Å². The predicted octanol–water partition coefficient (Wildman–Crippen LogP) is 6.04. The van der Waals surface area contributed by atoms with Gasteiger partial charge in [0.2, 0.25) is 0 Å². The van der Waals surface area contributed by atoms with Gasteiger partial charge in [0.25, 0.3) is 0 Å². The minimum absolute atomic E-state index is 1.30. The summed E-state index contributed by atoms with van der Waals surface area (Å²) in [5, 5.41) is 3.45. The smallest absolute Gasteiger partial charge is 0.0654 e. The molecule has 0 atom stereocenters. The van der Waals surface area contributed by atoms with E-state index >= 15 is 0 Å². The number of fused-ring (bicyclic) bond motifs is 3. The highest BCUT2D eigenvalue weighted by Crippen LogP contribution is 2.36. The van der Waals surface area contributed by atoms with Crippen LogP contribution in [0.1, 0.15) is 39.5 Å². The van der Waals surface area contributed by atoms with Gasteiger partial charge in [-0.3, -0.25) is 0 Å². The molecule has 1 heterocycles. The van der Waals surface area contributed by atoms with Crippen molar-refractivity contribution in [1.82, 2.24) is 0 Å². The molecule has 0 aromatic heterocycles. The average molecular weight is 546 g/mol. The van der Waals surface area contributed by atoms with E-state index < -0.39 is 8.07 Å². The van der Waals surface area contributed by atoms with Gasteiger partial charge in [0.15, 0.2) is 0 Å². The summed E-state index contributed by atoms with van der Waals surface area (Å²) >= 11 is 4.98. The highest BCUT2D eigenvalue weighted by Gasteiger charge is 2.44. The highest BCUT2D eigenvalue weighted by atomic mass is 127. The fraction of sp³-hybridized carbons (Fsp3) is 0.400. The van der Waals surface area contributed by atoms with Gasteiger partial charge in [0.05, 0.1) is 0 Å². The Morgan fingerprint density at radius 3 is 1.57 bits per heavy atom. The Bertz CT molecular complexity index is 647. The molecule has 0 unspecified atom stereocenters. The van der Waals surface area contributed by atoms with Gasteiger partial charge in [-0.15, -0.1) is 0 Å². The van der Waals surface area contributed by atoms with Crippen LogP contribution in [0.5, 0.6) is 0 Å². The molecular weight excluding hydrogens is 522 g/mol. The number of hydrogen-bond acceptors (Lipinski definition) is 0. The lowest BCUT2D eigenvalue weighted by Gasteiger charge is -2.30. The van der Waals surface area contributed by atoms with Crippen LogP contribution < -0.4 is 10.4 Å². The minimum atomic E-state index is -1.59. The summed E-state index contributed by atoms with van der Waals surface area (Å²) in [5.41, 5.74) is 3.08. The van der Waals surface area contributed by atoms with Crippen LogP contribution in [0.15, 0.2) is 36.4 Å². The van der Waals surface area contributed by atoms with Gasteiger partial charge < -0.3 is 0 Å². The van der Waals surface area contributed by atoms with Gasteiger partial charge >= 0.3 is 0 Å². The molecule has 0 bridgehead atoms. The third kappa shape index (κ3) is 3.30.